The van der Waals surface area contributed by atoms with E-state index in [1.165, 1.54) is 0 Å². The summed E-state index contributed by atoms with van der Waals surface area (Å²) in [4.78, 5) is 3.94. The number of hydrogen-bond donors (Lipinski definition) is 2. The van der Waals surface area contributed by atoms with Gasteiger partial charge in [0.2, 0.25) is 0 Å². The molecule has 1 rings (SSSR count). The van der Waals surface area contributed by atoms with Gasteiger partial charge < -0.3 is 5.73 Å². The van der Waals surface area contributed by atoms with Crippen molar-refractivity contribution in [3.8, 4) is 11.8 Å². The number of anilines is 1. The zero-order valence-electron chi connectivity index (χ0n) is 6.21. The Bertz CT molecular complexity index is 341. The smallest absolute Gasteiger partial charge is 0.153 e. The SMILES string of the molecule is Nc1ccc(C#CCS)nc1Cl. The van der Waals surface area contributed by atoms with Crippen LogP contribution in [0, 0.1) is 11.8 Å². The molecule has 0 radical (unpaired) electrons. The Labute approximate surface area is 81.5 Å². The molecule has 2 N–H and O–H groups in total. The van der Waals surface area contributed by atoms with Crippen molar-refractivity contribution < 1.29 is 0 Å². The fourth-order valence-electron chi connectivity index (χ4n) is 0.645. The van der Waals surface area contributed by atoms with Crippen LogP contribution in [-0.2, 0) is 0 Å². The molecule has 0 unspecified atom stereocenters. The highest BCUT2D eigenvalue weighted by Gasteiger charge is 1.96. The lowest BCUT2D eigenvalue weighted by atomic mass is 10.3. The van der Waals surface area contributed by atoms with Crippen LogP contribution in [0.25, 0.3) is 0 Å². The average Bonchev–Trinajstić information content (AvgIpc) is 2.07. The predicted molar refractivity (Wildman–Crippen MR) is 54.4 cm³/mol. The Kier molecular flexibility index (Phi) is 3.27. The summed E-state index contributed by atoms with van der Waals surface area (Å²) in [6.07, 6.45) is 0. The third-order valence-corrected chi connectivity index (χ3v) is 1.63. The average molecular weight is 199 g/mol. The van der Waals surface area contributed by atoms with Crippen LogP contribution in [0.2, 0.25) is 5.15 Å². The summed E-state index contributed by atoms with van der Waals surface area (Å²) in [7, 11) is 0. The Hall–Kier alpha value is -0.850. The number of rotatable bonds is 0. The van der Waals surface area contributed by atoms with Crippen molar-refractivity contribution in [1.82, 2.24) is 4.98 Å². The van der Waals surface area contributed by atoms with E-state index in [-0.39, 0.29) is 0 Å². The summed E-state index contributed by atoms with van der Waals surface area (Å²) in [5.41, 5.74) is 6.54. The van der Waals surface area contributed by atoms with E-state index >= 15 is 0 Å². The summed E-state index contributed by atoms with van der Waals surface area (Å²) in [5, 5.41) is 0.293. The summed E-state index contributed by atoms with van der Waals surface area (Å²) >= 11 is 9.61. The minimum atomic E-state index is 0.293. The fourth-order valence-corrected chi connectivity index (χ4v) is 0.878. The molecule has 0 aromatic carbocycles. The van der Waals surface area contributed by atoms with Gasteiger partial charge in [-0.05, 0) is 18.1 Å². The van der Waals surface area contributed by atoms with Gasteiger partial charge in [0.25, 0.3) is 0 Å². The molecule has 0 bridgehead atoms. The zero-order chi connectivity index (χ0) is 8.97. The summed E-state index contributed by atoms with van der Waals surface area (Å²) < 4.78 is 0. The molecular weight excluding hydrogens is 192 g/mol. The van der Waals surface area contributed by atoms with Gasteiger partial charge in [0, 0.05) is 0 Å². The molecule has 0 saturated heterocycles. The molecular formula is C8H7ClN2S. The van der Waals surface area contributed by atoms with Gasteiger partial charge in [-0.15, -0.1) is 0 Å². The zero-order valence-corrected chi connectivity index (χ0v) is 7.86. The molecule has 0 amide bonds. The van der Waals surface area contributed by atoms with Crippen LogP contribution >= 0.6 is 24.2 Å². The van der Waals surface area contributed by atoms with E-state index < -0.39 is 0 Å². The van der Waals surface area contributed by atoms with Crippen LogP contribution < -0.4 is 5.73 Å². The van der Waals surface area contributed by atoms with E-state index in [4.69, 9.17) is 17.3 Å². The number of nitrogens with two attached hydrogens (primary N) is 1. The molecule has 0 aliphatic rings. The molecule has 4 heteroatoms. The maximum atomic E-state index is 5.67. The highest BCUT2D eigenvalue weighted by atomic mass is 35.5. The molecule has 1 aromatic heterocycles. The van der Waals surface area contributed by atoms with E-state index in [1.54, 1.807) is 12.1 Å². The minimum Gasteiger partial charge on any atom is -0.396 e. The Balaban J connectivity index is 2.97. The van der Waals surface area contributed by atoms with E-state index in [0.717, 1.165) is 0 Å². The van der Waals surface area contributed by atoms with Gasteiger partial charge in [-0.1, -0.05) is 17.5 Å². The molecule has 0 fully saturated rings. The highest BCUT2D eigenvalue weighted by molar-refractivity contribution is 7.80. The molecule has 1 aromatic rings. The first-order valence-corrected chi connectivity index (χ1v) is 4.27. The van der Waals surface area contributed by atoms with Crippen molar-refractivity contribution in [1.29, 1.82) is 0 Å². The lowest BCUT2D eigenvalue weighted by molar-refractivity contribution is 1.29. The molecule has 0 saturated carbocycles. The van der Waals surface area contributed by atoms with Gasteiger partial charge in [-0.25, -0.2) is 4.98 Å². The van der Waals surface area contributed by atoms with Crippen molar-refractivity contribution in [2.75, 3.05) is 11.5 Å². The van der Waals surface area contributed by atoms with Crippen LogP contribution in [0.5, 0.6) is 0 Å². The molecule has 0 aliphatic carbocycles. The molecule has 2 nitrogen and oxygen atoms in total. The molecule has 1 heterocycles. The van der Waals surface area contributed by atoms with Crippen molar-refractivity contribution in [3.05, 3.63) is 23.0 Å². The van der Waals surface area contributed by atoms with Crippen molar-refractivity contribution in [3.63, 3.8) is 0 Å². The van der Waals surface area contributed by atoms with Gasteiger partial charge in [0.05, 0.1) is 11.4 Å². The number of nitrogen functional groups attached to an aromatic ring is 1. The molecule has 0 atom stereocenters. The largest absolute Gasteiger partial charge is 0.396 e. The van der Waals surface area contributed by atoms with Gasteiger partial charge in [-0.3, -0.25) is 0 Å². The first kappa shape index (κ1) is 9.24. The van der Waals surface area contributed by atoms with Crippen LogP contribution in [0.4, 0.5) is 5.69 Å². The van der Waals surface area contributed by atoms with Gasteiger partial charge in [-0.2, -0.15) is 12.6 Å². The summed E-state index contributed by atoms with van der Waals surface area (Å²) in [6, 6.07) is 3.40. The maximum absolute atomic E-state index is 5.67. The van der Waals surface area contributed by atoms with Gasteiger partial charge in [0.15, 0.2) is 5.15 Å². The van der Waals surface area contributed by atoms with Crippen molar-refractivity contribution in [2.45, 2.75) is 0 Å². The molecule has 0 spiro atoms. The Morgan fingerprint density at radius 1 is 1.58 bits per heavy atom. The number of thiol groups is 1. The number of aromatic nitrogens is 1. The monoisotopic (exact) mass is 198 g/mol. The van der Waals surface area contributed by atoms with E-state index in [2.05, 4.69) is 29.5 Å². The van der Waals surface area contributed by atoms with Gasteiger partial charge >= 0.3 is 0 Å². The molecule has 62 valence electrons. The third kappa shape index (κ3) is 2.33. The quantitative estimate of drug-likeness (QED) is 0.378. The molecule has 0 aliphatic heterocycles. The maximum Gasteiger partial charge on any atom is 0.153 e. The van der Waals surface area contributed by atoms with Crippen LogP contribution in [0.1, 0.15) is 5.69 Å². The number of pyridine rings is 1. The van der Waals surface area contributed by atoms with Gasteiger partial charge in [0.1, 0.15) is 5.69 Å². The number of nitrogens with zero attached hydrogens (tertiary/aromatic N) is 1. The van der Waals surface area contributed by atoms with Crippen molar-refractivity contribution in [2.24, 2.45) is 0 Å². The Morgan fingerprint density at radius 3 is 2.92 bits per heavy atom. The van der Waals surface area contributed by atoms with E-state index in [0.29, 0.717) is 22.3 Å². The van der Waals surface area contributed by atoms with E-state index in [9.17, 15) is 0 Å². The second-order valence-electron chi connectivity index (χ2n) is 2.04. The second-order valence-corrected chi connectivity index (χ2v) is 2.71. The topological polar surface area (TPSA) is 38.9 Å². The number of hydrogen-bond acceptors (Lipinski definition) is 3. The third-order valence-electron chi connectivity index (χ3n) is 1.17. The summed E-state index contributed by atoms with van der Waals surface area (Å²) in [6.45, 7) is 0. The van der Waals surface area contributed by atoms with Crippen molar-refractivity contribution >= 4 is 29.9 Å². The Morgan fingerprint density at radius 2 is 2.33 bits per heavy atom. The highest BCUT2D eigenvalue weighted by Crippen LogP contribution is 2.14. The van der Waals surface area contributed by atoms with Crippen LogP contribution in [0.3, 0.4) is 0 Å². The van der Waals surface area contributed by atoms with E-state index in [1.807, 2.05) is 0 Å². The van der Waals surface area contributed by atoms with Crippen LogP contribution in [-0.4, -0.2) is 10.7 Å². The molecule has 12 heavy (non-hydrogen) atoms. The lowest BCUT2D eigenvalue weighted by Crippen LogP contribution is -1.90. The number of halogens is 1. The standard InChI is InChI=1S/C8H7ClN2S/c9-8-7(10)4-3-6(11-8)2-1-5-12/h3-4,12H,5,10H2. The predicted octanol–water partition coefficient (Wildman–Crippen LogP) is 1.60. The second kappa shape index (κ2) is 4.24. The normalized spacial score (nSPS) is 8.83. The fraction of sp³-hybridized carbons (Fsp3) is 0.125. The van der Waals surface area contributed by atoms with Crippen LogP contribution in [0.15, 0.2) is 12.1 Å². The summed E-state index contributed by atoms with van der Waals surface area (Å²) in [5.74, 6) is 6.05. The minimum absolute atomic E-state index is 0.293. The first-order chi connectivity index (χ1) is 5.74. The lowest BCUT2D eigenvalue weighted by Gasteiger charge is -1.95. The first-order valence-electron chi connectivity index (χ1n) is 3.26.